The molecule has 1 heterocycles. The summed E-state index contributed by atoms with van der Waals surface area (Å²) >= 11 is 1.65. The third kappa shape index (κ3) is 4.67. The molecule has 0 aromatic carbocycles. The number of aromatic nitrogens is 4. The maximum absolute atomic E-state index is 11.1. The third-order valence-electron chi connectivity index (χ3n) is 3.79. The first-order valence-corrected chi connectivity index (χ1v) is 8.34. The Bertz CT molecular complexity index is 446. The molecule has 2 rings (SSSR count). The van der Waals surface area contributed by atoms with Crippen LogP contribution in [0, 0.1) is 0 Å². The van der Waals surface area contributed by atoms with Gasteiger partial charge in [0, 0.05) is 12.9 Å². The van der Waals surface area contributed by atoms with Gasteiger partial charge in [-0.05, 0) is 36.1 Å². The van der Waals surface area contributed by atoms with Crippen molar-refractivity contribution >= 4 is 17.7 Å². The first-order valence-electron chi connectivity index (χ1n) is 7.18. The highest BCUT2D eigenvalue weighted by Gasteiger charge is 2.24. The molecule has 1 aromatic rings. The van der Waals surface area contributed by atoms with Gasteiger partial charge in [-0.1, -0.05) is 0 Å². The van der Waals surface area contributed by atoms with E-state index in [2.05, 4.69) is 20.3 Å². The SMILES string of the molecule is COC(=O)CCSCc1nnnn1C1CCC(OC)CC1. The van der Waals surface area contributed by atoms with Crippen molar-refractivity contribution in [3.05, 3.63) is 5.82 Å². The van der Waals surface area contributed by atoms with Crippen LogP contribution in [-0.2, 0) is 20.0 Å². The normalized spacial score (nSPS) is 22.2. The van der Waals surface area contributed by atoms with Crippen LogP contribution in [-0.4, -0.2) is 52.3 Å². The van der Waals surface area contributed by atoms with Crippen LogP contribution in [0.1, 0.15) is 44.0 Å². The maximum Gasteiger partial charge on any atom is 0.306 e. The van der Waals surface area contributed by atoms with Crippen molar-refractivity contribution in [3.8, 4) is 0 Å². The molecule has 118 valence electrons. The molecule has 0 spiro atoms. The molecule has 0 aliphatic heterocycles. The summed E-state index contributed by atoms with van der Waals surface area (Å²) in [7, 11) is 3.18. The molecule has 1 aliphatic carbocycles. The second kappa shape index (κ2) is 8.33. The molecule has 1 saturated carbocycles. The molecule has 0 unspecified atom stereocenters. The van der Waals surface area contributed by atoms with Crippen LogP contribution >= 0.6 is 11.8 Å². The van der Waals surface area contributed by atoms with E-state index in [1.54, 1.807) is 18.9 Å². The number of carbonyl (C=O) groups is 1. The summed E-state index contributed by atoms with van der Waals surface area (Å²) in [6.45, 7) is 0. The molecule has 8 heteroatoms. The standard InChI is InChI=1S/C13H22N4O3S/c1-19-11-5-3-10(4-6-11)17-12(14-15-16-17)9-21-8-7-13(18)20-2/h10-11H,3-9H2,1-2H3. The van der Waals surface area contributed by atoms with Gasteiger partial charge < -0.3 is 9.47 Å². The summed E-state index contributed by atoms with van der Waals surface area (Å²) in [5.41, 5.74) is 0. The number of thioether (sulfide) groups is 1. The lowest BCUT2D eigenvalue weighted by Crippen LogP contribution is -2.24. The fourth-order valence-electron chi connectivity index (χ4n) is 2.54. The zero-order chi connectivity index (χ0) is 15.1. The summed E-state index contributed by atoms with van der Waals surface area (Å²) < 4.78 is 11.9. The lowest BCUT2D eigenvalue weighted by molar-refractivity contribution is -0.140. The van der Waals surface area contributed by atoms with Crippen molar-refractivity contribution in [2.45, 2.75) is 50.0 Å². The Morgan fingerprint density at radius 3 is 2.76 bits per heavy atom. The Morgan fingerprint density at radius 1 is 1.33 bits per heavy atom. The van der Waals surface area contributed by atoms with Crippen LogP contribution in [0.5, 0.6) is 0 Å². The summed E-state index contributed by atoms with van der Waals surface area (Å²) in [6.07, 6.45) is 4.98. The van der Waals surface area contributed by atoms with Crippen LogP contribution < -0.4 is 0 Å². The van der Waals surface area contributed by atoms with E-state index < -0.39 is 0 Å². The highest BCUT2D eigenvalue weighted by atomic mass is 32.2. The van der Waals surface area contributed by atoms with Gasteiger partial charge in [-0.15, -0.1) is 5.10 Å². The van der Waals surface area contributed by atoms with E-state index in [0.29, 0.717) is 24.3 Å². The van der Waals surface area contributed by atoms with E-state index in [-0.39, 0.29) is 5.97 Å². The minimum absolute atomic E-state index is 0.181. The minimum atomic E-state index is -0.181. The Labute approximate surface area is 128 Å². The van der Waals surface area contributed by atoms with Gasteiger partial charge in [0.2, 0.25) is 0 Å². The van der Waals surface area contributed by atoms with Gasteiger partial charge in [0.25, 0.3) is 0 Å². The molecule has 1 aromatic heterocycles. The van der Waals surface area contributed by atoms with Crippen molar-refractivity contribution in [3.63, 3.8) is 0 Å². The zero-order valence-corrected chi connectivity index (χ0v) is 13.3. The molecule has 1 fully saturated rings. The fourth-order valence-corrected chi connectivity index (χ4v) is 3.37. The minimum Gasteiger partial charge on any atom is -0.469 e. The van der Waals surface area contributed by atoms with Gasteiger partial charge >= 0.3 is 5.97 Å². The molecule has 0 N–H and O–H groups in total. The molecule has 0 bridgehead atoms. The van der Waals surface area contributed by atoms with E-state index in [4.69, 9.17) is 4.74 Å². The number of methoxy groups -OCH3 is 2. The number of tetrazole rings is 1. The molecule has 0 saturated heterocycles. The number of esters is 1. The Balaban J connectivity index is 1.80. The highest BCUT2D eigenvalue weighted by Crippen LogP contribution is 2.30. The van der Waals surface area contributed by atoms with E-state index in [1.165, 1.54) is 7.11 Å². The van der Waals surface area contributed by atoms with Crippen LogP contribution in [0.15, 0.2) is 0 Å². The van der Waals surface area contributed by atoms with E-state index >= 15 is 0 Å². The maximum atomic E-state index is 11.1. The molecular formula is C13H22N4O3S. The average Bonchev–Trinajstić information content (AvgIpc) is 2.99. The third-order valence-corrected chi connectivity index (χ3v) is 4.75. The van der Waals surface area contributed by atoms with Crippen LogP contribution in [0.3, 0.4) is 0 Å². The van der Waals surface area contributed by atoms with Gasteiger partial charge in [-0.25, -0.2) is 4.68 Å². The molecule has 0 radical (unpaired) electrons. The average molecular weight is 314 g/mol. The lowest BCUT2D eigenvalue weighted by atomic mass is 9.93. The van der Waals surface area contributed by atoms with Gasteiger partial charge in [-0.3, -0.25) is 4.79 Å². The van der Waals surface area contributed by atoms with E-state index in [1.807, 2.05) is 4.68 Å². The highest BCUT2D eigenvalue weighted by molar-refractivity contribution is 7.98. The number of nitrogens with zero attached hydrogens (tertiary/aromatic N) is 4. The second-order valence-electron chi connectivity index (χ2n) is 5.08. The van der Waals surface area contributed by atoms with E-state index in [0.717, 1.165) is 37.3 Å². The molecular weight excluding hydrogens is 292 g/mol. The van der Waals surface area contributed by atoms with Crippen molar-refractivity contribution in [1.82, 2.24) is 20.2 Å². The first-order chi connectivity index (χ1) is 10.2. The monoisotopic (exact) mass is 314 g/mol. The smallest absolute Gasteiger partial charge is 0.306 e. The molecule has 1 aliphatic rings. The summed E-state index contributed by atoms with van der Waals surface area (Å²) in [4.78, 5) is 11.1. The van der Waals surface area contributed by atoms with Crippen molar-refractivity contribution in [2.24, 2.45) is 0 Å². The Kier molecular flexibility index (Phi) is 6.44. The largest absolute Gasteiger partial charge is 0.469 e. The van der Waals surface area contributed by atoms with E-state index in [9.17, 15) is 4.79 Å². The van der Waals surface area contributed by atoms with Gasteiger partial charge in [-0.2, -0.15) is 11.8 Å². The number of rotatable bonds is 7. The van der Waals surface area contributed by atoms with Crippen LogP contribution in [0.4, 0.5) is 0 Å². The van der Waals surface area contributed by atoms with Crippen LogP contribution in [0.25, 0.3) is 0 Å². The molecule has 0 atom stereocenters. The van der Waals surface area contributed by atoms with Crippen molar-refractivity contribution in [1.29, 1.82) is 0 Å². The lowest BCUT2D eigenvalue weighted by Gasteiger charge is -2.27. The zero-order valence-electron chi connectivity index (χ0n) is 12.5. The predicted octanol–water partition coefficient (Wildman–Crippen LogP) is 1.60. The van der Waals surface area contributed by atoms with Crippen LogP contribution in [0.2, 0.25) is 0 Å². The Hall–Kier alpha value is -1.15. The summed E-state index contributed by atoms with van der Waals surface area (Å²) in [5, 5.41) is 12.0. The number of ether oxygens (including phenoxy) is 2. The fraction of sp³-hybridized carbons (Fsp3) is 0.846. The molecule has 0 amide bonds. The molecule has 21 heavy (non-hydrogen) atoms. The quantitative estimate of drug-likeness (QED) is 0.558. The summed E-state index contributed by atoms with van der Waals surface area (Å²) in [5.74, 6) is 2.13. The van der Waals surface area contributed by atoms with Crippen molar-refractivity contribution in [2.75, 3.05) is 20.0 Å². The second-order valence-corrected chi connectivity index (χ2v) is 6.19. The van der Waals surface area contributed by atoms with Gasteiger partial charge in [0.05, 0.1) is 31.4 Å². The van der Waals surface area contributed by atoms with Crippen molar-refractivity contribution < 1.29 is 14.3 Å². The van der Waals surface area contributed by atoms with Gasteiger partial charge in [0.15, 0.2) is 5.82 Å². The number of hydrogen-bond acceptors (Lipinski definition) is 7. The van der Waals surface area contributed by atoms with Gasteiger partial charge in [0.1, 0.15) is 0 Å². The number of hydrogen-bond donors (Lipinski definition) is 0. The number of carbonyl (C=O) groups excluding carboxylic acids is 1. The summed E-state index contributed by atoms with van der Waals surface area (Å²) in [6, 6.07) is 0.364. The predicted molar refractivity (Wildman–Crippen MR) is 78.9 cm³/mol. The molecule has 7 nitrogen and oxygen atoms in total. The Morgan fingerprint density at radius 2 is 2.10 bits per heavy atom. The first kappa shape index (κ1) is 16.2. The topological polar surface area (TPSA) is 79.1 Å².